The first kappa shape index (κ1) is 11.8. The highest BCUT2D eigenvalue weighted by molar-refractivity contribution is 6.31. The molecule has 0 fully saturated rings. The molecule has 0 heterocycles. The molecule has 0 saturated heterocycles. The maximum Gasteiger partial charge on any atom is 0.250 e. The number of benzene rings is 1. The third kappa shape index (κ3) is 3.42. The van der Waals surface area contributed by atoms with Crippen molar-refractivity contribution in [2.24, 2.45) is 11.5 Å². The lowest BCUT2D eigenvalue weighted by Gasteiger charge is -2.09. The van der Waals surface area contributed by atoms with Crippen molar-refractivity contribution in [3.8, 4) is 0 Å². The molecule has 0 aromatic heterocycles. The fourth-order valence-corrected chi connectivity index (χ4v) is 1.37. The summed E-state index contributed by atoms with van der Waals surface area (Å²) in [5.41, 5.74) is 11.7. The molecule has 0 saturated carbocycles. The van der Waals surface area contributed by atoms with E-state index >= 15 is 0 Å². The minimum absolute atomic E-state index is 0.441. The molecule has 15 heavy (non-hydrogen) atoms. The average Bonchev–Trinajstić information content (AvgIpc) is 2.18. The van der Waals surface area contributed by atoms with Gasteiger partial charge in [0.15, 0.2) is 0 Å². The van der Waals surface area contributed by atoms with Crippen LogP contribution in [-0.4, -0.2) is 19.0 Å². The second-order valence-electron chi connectivity index (χ2n) is 3.12. The van der Waals surface area contributed by atoms with Crippen molar-refractivity contribution in [3.05, 3.63) is 28.8 Å². The fourth-order valence-electron chi connectivity index (χ4n) is 1.20. The Morgan fingerprint density at radius 3 is 2.80 bits per heavy atom. The highest BCUT2D eigenvalue weighted by Gasteiger charge is 2.07. The number of amides is 1. The molecule has 0 spiro atoms. The van der Waals surface area contributed by atoms with E-state index in [2.05, 4.69) is 5.32 Å². The molecule has 1 rings (SSSR count). The first-order chi connectivity index (χ1) is 7.15. The Bertz CT molecular complexity index is 355. The summed E-state index contributed by atoms with van der Waals surface area (Å²) in [5, 5.41) is 3.64. The molecular formula is C10H14ClN3O. The van der Waals surface area contributed by atoms with Gasteiger partial charge in [-0.05, 0) is 31.2 Å². The normalized spacial score (nSPS) is 10.0. The second-order valence-corrected chi connectivity index (χ2v) is 3.56. The SMILES string of the molecule is NCCCNc1cc(Cl)ccc1C(N)=O. The zero-order valence-electron chi connectivity index (χ0n) is 8.29. The smallest absolute Gasteiger partial charge is 0.250 e. The maximum absolute atomic E-state index is 11.1. The van der Waals surface area contributed by atoms with E-state index in [0.717, 1.165) is 6.42 Å². The van der Waals surface area contributed by atoms with Gasteiger partial charge < -0.3 is 16.8 Å². The fraction of sp³-hybridized carbons (Fsp3) is 0.300. The number of halogens is 1. The molecular weight excluding hydrogens is 214 g/mol. The largest absolute Gasteiger partial charge is 0.384 e. The minimum Gasteiger partial charge on any atom is -0.384 e. The Morgan fingerprint density at radius 2 is 2.20 bits per heavy atom. The van der Waals surface area contributed by atoms with Gasteiger partial charge in [0.2, 0.25) is 0 Å². The van der Waals surface area contributed by atoms with E-state index in [4.69, 9.17) is 23.1 Å². The summed E-state index contributed by atoms with van der Waals surface area (Å²) in [6, 6.07) is 4.92. The third-order valence-corrected chi connectivity index (χ3v) is 2.18. The van der Waals surface area contributed by atoms with E-state index in [0.29, 0.717) is 29.4 Å². The van der Waals surface area contributed by atoms with Crippen LogP contribution in [0.15, 0.2) is 18.2 Å². The summed E-state index contributed by atoms with van der Waals surface area (Å²) in [5.74, 6) is -0.470. The first-order valence-corrected chi connectivity index (χ1v) is 5.06. The van der Waals surface area contributed by atoms with Gasteiger partial charge >= 0.3 is 0 Å². The van der Waals surface area contributed by atoms with Gasteiger partial charge in [-0.15, -0.1) is 0 Å². The van der Waals surface area contributed by atoms with Gasteiger partial charge in [0, 0.05) is 17.3 Å². The van der Waals surface area contributed by atoms with Crippen LogP contribution in [0.3, 0.4) is 0 Å². The molecule has 0 radical (unpaired) electrons. The average molecular weight is 228 g/mol. The van der Waals surface area contributed by atoms with Crippen molar-refractivity contribution < 1.29 is 4.79 Å². The van der Waals surface area contributed by atoms with E-state index in [9.17, 15) is 4.79 Å². The molecule has 0 aliphatic carbocycles. The molecule has 5 heteroatoms. The van der Waals surface area contributed by atoms with Crippen LogP contribution in [-0.2, 0) is 0 Å². The van der Waals surface area contributed by atoms with Gasteiger partial charge in [-0.2, -0.15) is 0 Å². The van der Waals surface area contributed by atoms with Crippen LogP contribution in [0, 0.1) is 0 Å². The molecule has 0 atom stereocenters. The second kappa shape index (κ2) is 5.58. The molecule has 5 N–H and O–H groups in total. The summed E-state index contributed by atoms with van der Waals surface area (Å²) in [6.07, 6.45) is 0.824. The third-order valence-electron chi connectivity index (χ3n) is 1.94. The molecule has 0 bridgehead atoms. The van der Waals surface area contributed by atoms with Crippen LogP contribution in [0.5, 0.6) is 0 Å². The number of hydrogen-bond donors (Lipinski definition) is 3. The predicted octanol–water partition coefficient (Wildman–Crippen LogP) is 1.20. The van der Waals surface area contributed by atoms with Crippen LogP contribution in [0.4, 0.5) is 5.69 Å². The molecule has 0 aliphatic heterocycles. The summed E-state index contributed by atoms with van der Waals surface area (Å²) in [6.45, 7) is 1.29. The quantitative estimate of drug-likeness (QED) is 0.662. The highest BCUT2D eigenvalue weighted by atomic mass is 35.5. The lowest BCUT2D eigenvalue weighted by Crippen LogP contribution is -2.16. The van der Waals surface area contributed by atoms with E-state index in [-0.39, 0.29) is 0 Å². The summed E-state index contributed by atoms with van der Waals surface area (Å²) in [7, 11) is 0. The molecule has 0 unspecified atom stereocenters. The number of rotatable bonds is 5. The van der Waals surface area contributed by atoms with Gasteiger partial charge in [0.05, 0.1) is 5.56 Å². The van der Waals surface area contributed by atoms with E-state index in [1.165, 1.54) is 0 Å². The van der Waals surface area contributed by atoms with E-state index < -0.39 is 5.91 Å². The van der Waals surface area contributed by atoms with Gasteiger partial charge in [-0.1, -0.05) is 11.6 Å². The van der Waals surface area contributed by atoms with Gasteiger partial charge in [0.1, 0.15) is 0 Å². The summed E-state index contributed by atoms with van der Waals surface area (Å²) < 4.78 is 0. The van der Waals surface area contributed by atoms with Crippen LogP contribution >= 0.6 is 11.6 Å². The Balaban J connectivity index is 2.82. The zero-order valence-corrected chi connectivity index (χ0v) is 9.05. The number of carbonyl (C=O) groups excluding carboxylic acids is 1. The molecule has 0 aliphatic rings. The Hall–Kier alpha value is -1.26. The predicted molar refractivity (Wildman–Crippen MR) is 62.1 cm³/mol. The van der Waals surface area contributed by atoms with Crippen LogP contribution < -0.4 is 16.8 Å². The van der Waals surface area contributed by atoms with Crippen molar-refractivity contribution >= 4 is 23.2 Å². The first-order valence-electron chi connectivity index (χ1n) is 4.68. The van der Waals surface area contributed by atoms with Crippen molar-refractivity contribution in [3.63, 3.8) is 0 Å². The number of hydrogen-bond acceptors (Lipinski definition) is 3. The number of nitrogens with one attached hydrogen (secondary N) is 1. The Labute approximate surface area is 93.6 Å². The molecule has 1 amide bonds. The highest BCUT2D eigenvalue weighted by Crippen LogP contribution is 2.20. The van der Waals surface area contributed by atoms with E-state index in [1.54, 1.807) is 18.2 Å². The lowest BCUT2D eigenvalue weighted by molar-refractivity contribution is 0.100. The Morgan fingerprint density at radius 1 is 1.47 bits per heavy atom. The number of carbonyl (C=O) groups is 1. The number of nitrogens with two attached hydrogens (primary N) is 2. The van der Waals surface area contributed by atoms with E-state index in [1.807, 2.05) is 0 Å². The van der Waals surface area contributed by atoms with Crippen molar-refractivity contribution in [2.45, 2.75) is 6.42 Å². The van der Waals surface area contributed by atoms with Crippen molar-refractivity contribution in [2.75, 3.05) is 18.4 Å². The monoisotopic (exact) mass is 227 g/mol. The van der Waals surface area contributed by atoms with Gasteiger partial charge in [0.25, 0.3) is 5.91 Å². The van der Waals surface area contributed by atoms with Gasteiger partial charge in [-0.3, -0.25) is 4.79 Å². The lowest BCUT2D eigenvalue weighted by atomic mass is 10.1. The standard InChI is InChI=1S/C10H14ClN3O/c11-7-2-3-8(10(13)15)9(6-7)14-5-1-4-12/h2-3,6,14H,1,4-5,12H2,(H2,13,15). The summed E-state index contributed by atoms with van der Waals surface area (Å²) in [4.78, 5) is 11.1. The molecule has 1 aromatic carbocycles. The van der Waals surface area contributed by atoms with Crippen molar-refractivity contribution in [1.29, 1.82) is 0 Å². The number of anilines is 1. The number of primary amides is 1. The minimum atomic E-state index is -0.470. The van der Waals surface area contributed by atoms with Crippen LogP contribution in [0.25, 0.3) is 0 Å². The Kier molecular flexibility index (Phi) is 4.39. The summed E-state index contributed by atoms with van der Waals surface area (Å²) >= 11 is 5.82. The maximum atomic E-state index is 11.1. The van der Waals surface area contributed by atoms with Crippen LogP contribution in [0.2, 0.25) is 5.02 Å². The van der Waals surface area contributed by atoms with Gasteiger partial charge in [-0.25, -0.2) is 0 Å². The van der Waals surface area contributed by atoms with Crippen molar-refractivity contribution in [1.82, 2.24) is 0 Å². The topological polar surface area (TPSA) is 81.1 Å². The molecule has 82 valence electrons. The van der Waals surface area contributed by atoms with Crippen LogP contribution in [0.1, 0.15) is 16.8 Å². The molecule has 4 nitrogen and oxygen atoms in total. The zero-order chi connectivity index (χ0) is 11.3. The molecule has 1 aromatic rings.